The van der Waals surface area contributed by atoms with E-state index in [4.69, 9.17) is 0 Å². The Hall–Kier alpha value is -3.54. The van der Waals surface area contributed by atoms with E-state index in [1.807, 2.05) is 66.7 Å². The van der Waals surface area contributed by atoms with Crippen LogP contribution in [0.2, 0.25) is 0 Å². The van der Waals surface area contributed by atoms with E-state index in [-0.39, 0.29) is 11.9 Å². The number of carbonyl (C=O) groups excluding carboxylic acids is 1. The third-order valence-corrected chi connectivity index (χ3v) is 4.02. The number of nitrogens with zero attached hydrogens (tertiary/aromatic N) is 4. The van der Waals surface area contributed by atoms with Crippen LogP contribution in [0.4, 0.5) is 5.95 Å². The molecular formula is C20H17N5O. The number of carbonyl (C=O) groups is 1. The van der Waals surface area contributed by atoms with Crippen molar-refractivity contribution in [2.24, 2.45) is 0 Å². The maximum atomic E-state index is 11.7. The topological polar surface area (TPSA) is 72.2 Å². The standard InChI is InChI=1S/C20H17N5O/c1-2-18(26)22-19-23-20-21-16(14-9-5-3-6-10-14)13-17(25(20)24-19)15-11-7-4-8-12-15/h3-13H,2H2,1H3,(H,22,24,26). The molecule has 4 aromatic rings. The highest BCUT2D eigenvalue weighted by atomic mass is 16.1. The maximum absolute atomic E-state index is 11.7. The molecule has 26 heavy (non-hydrogen) atoms. The van der Waals surface area contributed by atoms with Gasteiger partial charge in [0.15, 0.2) is 0 Å². The van der Waals surface area contributed by atoms with Gasteiger partial charge in [-0.25, -0.2) is 4.98 Å². The zero-order valence-corrected chi connectivity index (χ0v) is 14.3. The van der Waals surface area contributed by atoms with Gasteiger partial charge in [0, 0.05) is 17.5 Å². The normalized spacial score (nSPS) is 10.8. The summed E-state index contributed by atoms with van der Waals surface area (Å²) in [7, 11) is 0. The van der Waals surface area contributed by atoms with E-state index in [0.717, 1.165) is 22.5 Å². The van der Waals surface area contributed by atoms with E-state index >= 15 is 0 Å². The second-order valence-corrected chi connectivity index (χ2v) is 5.81. The first-order chi connectivity index (χ1) is 12.7. The average molecular weight is 343 g/mol. The van der Waals surface area contributed by atoms with Gasteiger partial charge in [-0.15, -0.1) is 5.10 Å². The number of hydrogen-bond donors (Lipinski definition) is 1. The Morgan fingerprint density at radius 2 is 1.62 bits per heavy atom. The first-order valence-corrected chi connectivity index (χ1v) is 8.43. The summed E-state index contributed by atoms with van der Waals surface area (Å²) in [5.74, 6) is 0.564. The van der Waals surface area contributed by atoms with Crippen LogP contribution in [0.3, 0.4) is 0 Å². The fourth-order valence-electron chi connectivity index (χ4n) is 2.71. The van der Waals surface area contributed by atoms with Crippen molar-refractivity contribution >= 4 is 17.6 Å². The molecular weight excluding hydrogens is 326 g/mol. The quantitative estimate of drug-likeness (QED) is 0.612. The molecule has 0 saturated carbocycles. The number of amides is 1. The molecule has 6 nitrogen and oxygen atoms in total. The van der Waals surface area contributed by atoms with E-state index < -0.39 is 0 Å². The Kier molecular flexibility index (Phi) is 4.15. The number of benzene rings is 2. The average Bonchev–Trinajstić information content (AvgIpc) is 3.10. The van der Waals surface area contributed by atoms with E-state index in [1.54, 1.807) is 11.4 Å². The molecule has 2 aromatic carbocycles. The minimum Gasteiger partial charge on any atom is -0.293 e. The van der Waals surface area contributed by atoms with Gasteiger partial charge >= 0.3 is 0 Å². The fraction of sp³-hybridized carbons (Fsp3) is 0.100. The SMILES string of the molecule is CCC(=O)Nc1nc2nc(-c3ccccc3)cc(-c3ccccc3)n2n1. The predicted octanol–water partition coefficient (Wildman–Crippen LogP) is 3.81. The summed E-state index contributed by atoms with van der Waals surface area (Å²) in [5, 5.41) is 7.12. The molecule has 0 aliphatic rings. The third-order valence-electron chi connectivity index (χ3n) is 4.02. The highest BCUT2D eigenvalue weighted by Gasteiger charge is 2.14. The molecule has 0 aliphatic heterocycles. The molecule has 0 fully saturated rings. The number of aromatic nitrogens is 4. The van der Waals surface area contributed by atoms with Gasteiger partial charge in [-0.1, -0.05) is 67.6 Å². The van der Waals surface area contributed by atoms with Crippen LogP contribution in [0, 0.1) is 0 Å². The Morgan fingerprint density at radius 3 is 2.27 bits per heavy atom. The van der Waals surface area contributed by atoms with Crippen molar-refractivity contribution in [1.29, 1.82) is 0 Å². The Bertz CT molecular complexity index is 1060. The van der Waals surface area contributed by atoms with Gasteiger partial charge in [0.1, 0.15) is 0 Å². The molecule has 4 rings (SSSR count). The molecule has 0 saturated heterocycles. The summed E-state index contributed by atoms with van der Waals surface area (Å²) >= 11 is 0. The lowest BCUT2D eigenvalue weighted by atomic mass is 10.1. The number of rotatable bonds is 4. The highest BCUT2D eigenvalue weighted by molar-refractivity contribution is 5.88. The molecule has 0 spiro atoms. The number of hydrogen-bond acceptors (Lipinski definition) is 4. The summed E-state index contributed by atoms with van der Waals surface area (Å²) < 4.78 is 1.66. The van der Waals surface area contributed by atoms with Crippen molar-refractivity contribution in [3.8, 4) is 22.5 Å². The van der Waals surface area contributed by atoms with Crippen LogP contribution < -0.4 is 5.32 Å². The van der Waals surface area contributed by atoms with Gasteiger partial charge in [-0.05, 0) is 6.07 Å². The summed E-state index contributed by atoms with van der Waals surface area (Å²) in [6, 6.07) is 21.8. The first-order valence-electron chi connectivity index (χ1n) is 8.43. The second kappa shape index (κ2) is 6.76. The summed E-state index contributed by atoms with van der Waals surface area (Å²) in [4.78, 5) is 20.7. The molecule has 1 N–H and O–H groups in total. The molecule has 0 unspecified atom stereocenters. The van der Waals surface area contributed by atoms with Gasteiger partial charge in [0.05, 0.1) is 11.4 Å². The highest BCUT2D eigenvalue weighted by Crippen LogP contribution is 2.26. The second-order valence-electron chi connectivity index (χ2n) is 5.81. The van der Waals surface area contributed by atoms with Gasteiger partial charge in [-0.2, -0.15) is 9.50 Å². The van der Waals surface area contributed by atoms with Gasteiger partial charge < -0.3 is 0 Å². The van der Waals surface area contributed by atoms with Crippen LogP contribution in [0.5, 0.6) is 0 Å². The van der Waals surface area contributed by atoms with Crippen molar-refractivity contribution in [2.75, 3.05) is 5.32 Å². The van der Waals surface area contributed by atoms with E-state index in [9.17, 15) is 4.79 Å². The van der Waals surface area contributed by atoms with Crippen LogP contribution in [0.15, 0.2) is 66.7 Å². The minimum atomic E-state index is -0.134. The van der Waals surface area contributed by atoms with Crippen molar-refractivity contribution < 1.29 is 4.79 Å². The van der Waals surface area contributed by atoms with Crippen LogP contribution in [0.25, 0.3) is 28.3 Å². The summed E-state index contributed by atoms with van der Waals surface area (Å²) in [6.45, 7) is 1.78. The minimum absolute atomic E-state index is 0.134. The predicted molar refractivity (Wildman–Crippen MR) is 101 cm³/mol. The molecule has 2 heterocycles. The Morgan fingerprint density at radius 1 is 0.962 bits per heavy atom. The monoisotopic (exact) mass is 343 g/mol. The van der Waals surface area contributed by atoms with E-state index in [2.05, 4.69) is 20.4 Å². The largest absolute Gasteiger partial charge is 0.293 e. The van der Waals surface area contributed by atoms with Crippen LogP contribution in [-0.2, 0) is 4.79 Å². The molecule has 0 aliphatic carbocycles. The van der Waals surface area contributed by atoms with Crippen LogP contribution in [-0.4, -0.2) is 25.5 Å². The van der Waals surface area contributed by atoms with Crippen molar-refractivity contribution in [2.45, 2.75) is 13.3 Å². The maximum Gasteiger partial charge on any atom is 0.255 e. The van der Waals surface area contributed by atoms with Crippen LogP contribution >= 0.6 is 0 Å². The number of fused-ring (bicyclic) bond motifs is 1. The molecule has 0 bridgehead atoms. The molecule has 6 heteroatoms. The lowest BCUT2D eigenvalue weighted by Crippen LogP contribution is -2.10. The van der Waals surface area contributed by atoms with Gasteiger partial charge in [0.25, 0.3) is 11.7 Å². The molecule has 1 amide bonds. The smallest absolute Gasteiger partial charge is 0.255 e. The first kappa shape index (κ1) is 16.0. The van der Waals surface area contributed by atoms with Crippen molar-refractivity contribution in [1.82, 2.24) is 19.6 Å². The summed E-state index contributed by atoms with van der Waals surface area (Å²) in [5.41, 5.74) is 3.65. The lowest BCUT2D eigenvalue weighted by molar-refractivity contribution is -0.115. The zero-order valence-electron chi connectivity index (χ0n) is 14.3. The third kappa shape index (κ3) is 3.04. The fourth-order valence-corrected chi connectivity index (χ4v) is 2.71. The van der Waals surface area contributed by atoms with Crippen molar-refractivity contribution in [3.05, 3.63) is 66.7 Å². The zero-order chi connectivity index (χ0) is 17.9. The number of nitrogens with one attached hydrogen (secondary N) is 1. The molecule has 0 radical (unpaired) electrons. The number of anilines is 1. The van der Waals surface area contributed by atoms with Crippen molar-refractivity contribution in [3.63, 3.8) is 0 Å². The Balaban J connectivity index is 1.92. The van der Waals surface area contributed by atoms with Gasteiger partial charge in [-0.3, -0.25) is 10.1 Å². The van der Waals surface area contributed by atoms with Crippen LogP contribution in [0.1, 0.15) is 13.3 Å². The molecule has 2 aromatic heterocycles. The molecule has 0 atom stereocenters. The van der Waals surface area contributed by atoms with Gasteiger partial charge in [0.2, 0.25) is 5.91 Å². The Labute approximate surface area is 150 Å². The van der Waals surface area contributed by atoms with E-state index in [0.29, 0.717) is 12.2 Å². The lowest BCUT2D eigenvalue weighted by Gasteiger charge is -2.07. The summed E-state index contributed by atoms with van der Waals surface area (Å²) in [6.07, 6.45) is 0.365. The van der Waals surface area contributed by atoms with E-state index in [1.165, 1.54) is 0 Å². The molecule has 128 valence electrons.